The SMILES string of the molecule is CC(=O)c1ccc(C(=O)NNC(=O)COc2ccccc2F)s1. The predicted octanol–water partition coefficient (Wildman–Crippen LogP) is 1.93. The molecule has 2 rings (SSSR count). The summed E-state index contributed by atoms with van der Waals surface area (Å²) < 4.78 is 18.3. The molecular formula is C15H13FN2O4S. The van der Waals surface area contributed by atoms with Crippen molar-refractivity contribution in [3.63, 3.8) is 0 Å². The van der Waals surface area contributed by atoms with E-state index in [9.17, 15) is 18.8 Å². The van der Waals surface area contributed by atoms with Crippen molar-refractivity contribution in [2.24, 2.45) is 0 Å². The Kier molecular flexibility index (Phi) is 5.42. The lowest BCUT2D eigenvalue weighted by molar-refractivity contribution is -0.123. The third-order valence-corrected chi connectivity index (χ3v) is 3.87. The Labute approximate surface area is 135 Å². The Morgan fingerprint density at radius 2 is 1.78 bits per heavy atom. The monoisotopic (exact) mass is 336 g/mol. The molecule has 0 unspecified atom stereocenters. The number of Topliss-reactive ketones (excluding diaryl/α,β-unsaturated/α-hetero) is 1. The van der Waals surface area contributed by atoms with Crippen molar-refractivity contribution in [2.45, 2.75) is 6.92 Å². The summed E-state index contributed by atoms with van der Waals surface area (Å²) in [5, 5.41) is 0. The molecule has 6 nitrogen and oxygen atoms in total. The molecule has 0 saturated carbocycles. The van der Waals surface area contributed by atoms with E-state index >= 15 is 0 Å². The van der Waals surface area contributed by atoms with Crippen LogP contribution in [0.2, 0.25) is 0 Å². The molecule has 0 aliphatic carbocycles. The highest BCUT2D eigenvalue weighted by Gasteiger charge is 2.12. The number of ketones is 1. The van der Waals surface area contributed by atoms with E-state index in [0.29, 0.717) is 4.88 Å². The molecule has 23 heavy (non-hydrogen) atoms. The quantitative estimate of drug-likeness (QED) is 0.645. The van der Waals surface area contributed by atoms with E-state index in [1.54, 1.807) is 6.07 Å². The molecule has 0 atom stereocenters. The van der Waals surface area contributed by atoms with Crippen LogP contribution in [0, 0.1) is 5.82 Å². The van der Waals surface area contributed by atoms with Gasteiger partial charge in [-0.25, -0.2) is 4.39 Å². The standard InChI is InChI=1S/C15H13FN2O4S/c1-9(19)12-6-7-13(23-12)15(21)18-17-14(20)8-22-11-5-3-2-4-10(11)16/h2-7H,8H2,1H3,(H,17,20)(H,18,21). The number of nitrogens with one attached hydrogen (secondary N) is 2. The number of hydrazine groups is 1. The molecular weight excluding hydrogens is 323 g/mol. The number of halogens is 1. The molecule has 2 amide bonds. The fourth-order valence-electron chi connectivity index (χ4n) is 1.58. The smallest absolute Gasteiger partial charge is 0.279 e. The van der Waals surface area contributed by atoms with Crippen LogP contribution in [-0.4, -0.2) is 24.2 Å². The third-order valence-electron chi connectivity index (χ3n) is 2.69. The maximum atomic E-state index is 13.3. The number of benzene rings is 1. The van der Waals surface area contributed by atoms with Gasteiger partial charge in [-0.3, -0.25) is 25.2 Å². The molecule has 2 aromatic rings. The van der Waals surface area contributed by atoms with Crippen LogP contribution >= 0.6 is 11.3 Å². The van der Waals surface area contributed by atoms with Gasteiger partial charge in [0.2, 0.25) is 0 Å². The van der Waals surface area contributed by atoms with Crippen LogP contribution in [0.1, 0.15) is 26.3 Å². The summed E-state index contributed by atoms with van der Waals surface area (Å²) in [5.41, 5.74) is 4.33. The first kappa shape index (κ1) is 16.6. The van der Waals surface area contributed by atoms with Gasteiger partial charge in [-0.05, 0) is 31.2 Å². The summed E-state index contributed by atoms with van der Waals surface area (Å²) in [7, 11) is 0. The van der Waals surface area contributed by atoms with E-state index in [1.807, 2.05) is 0 Å². The van der Waals surface area contributed by atoms with Crippen molar-refractivity contribution in [1.82, 2.24) is 10.9 Å². The van der Waals surface area contributed by atoms with Crippen LogP contribution in [-0.2, 0) is 4.79 Å². The topological polar surface area (TPSA) is 84.5 Å². The lowest BCUT2D eigenvalue weighted by Crippen LogP contribution is -2.43. The summed E-state index contributed by atoms with van der Waals surface area (Å²) in [6.07, 6.45) is 0. The number of hydrogen-bond acceptors (Lipinski definition) is 5. The molecule has 0 fully saturated rings. The first-order chi connectivity index (χ1) is 11.0. The molecule has 8 heteroatoms. The van der Waals surface area contributed by atoms with Crippen LogP contribution in [0.25, 0.3) is 0 Å². The average molecular weight is 336 g/mol. The third kappa shape index (κ3) is 4.62. The molecule has 0 spiro atoms. The predicted molar refractivity (Wildman–Crippen MR) is 81.8 cm³/mol. The fraction of sp³-hybridized carbons (Fsp3) is 0.133. The zero-order valence-electron chi connectivity index (χ0n) is 12.1. The van der Waals surface area contributed by atoms with E-state index in [-0.39, 0.29) is 16.4 Å². The van der Waals surface area contributed by atoms with Crippen molar-refractivity contribution in [1.29, 1.82) is 0 Å². The maximum Gasteiger partial charge on any atom is 0.279 e. The van der Waals surface area contributed by atoms with Crippen LogP contribution in [0.4, 0.5) is 4.39 Å². The average Bonchev–Trinajstić information content (AvgIpc) is 3.02. The number of ether oxygens (including phenoxy) is 1. The number of rotatable bonds is 5. The van der Waals surface area contributed by atoms with Gasteiger partial charge in [0.05, 0.1) is 9.75 Å². The summed E-state index contributed by atoms with van der Waals surface area (Å²) in [6.45, 7) is 0.944. The van der Waals surface area contributed by atoms with E-state index in [4.69, 9.17) is 4.74 Å². The molecule has 0 aliphatic heterocycles. The number of carbonyl (C=O) groups excluding carboxylic acids is 3. The zero-order chi connectivity index (χ0) is 16.8. The number of thiophene rings is 1. The minimum absolute atomic E-state index is 0.0571. The second-order valence-electron chi connectivity index (χ2n) is 4.44. The Morgan fingerprint density at radius 1 is 1.09 bits per heavy atom. The minimum Gasteiger partial charge on any atom is -0.481 e. The van der Waals surface area contributed by atoms with Crippen molar-refractivity contribution >= 4 is 28.9 Å². The molecule has 2 N–H and O–H groups in total. The summed E-state index contributed by atoms with van der Waals surface area (Å²) >= 11 is 1.02. The second kappa shape index (κ2) is 7.50. The van der Waals surface area contributed by atoms with Gasteiger partial charge in [-0.1, -0.05) is 12.1 Å². The van der Waals surface area contributed by atoms with Gasteiger partial charge in [0.25, 0.3) is 11.8 Å². The first-order valence-corrected chi connectivity index (χ1v) is 7.36. The van der Waals surface area contributed by atoms with Crippen LogP contribution < -0.4 is 15.6 Å². The molecule has 0 bridgehead atoms. The van der Waals surface area contributed by atoms with Gasteiger partial charge in [0.1, 0.15) is 0 Å². The largest absolute Gasteiger partial charge is 0.481 e. The van der Waals surface area contributed by atoms with Crippen LogP contribution in [0.5, 0.6) is 5.75 Å². The Hall–Kier alpha value is -2.74. The van der Waals surface area contributed by atoms with Crippen molar-refractivity contribution in [3.8, 4) is 5.75 Å². The zero-order valence-corrected chi connectivity index (χ0v) is 12.9. The number of para-hydroxylation sites is 1. The van der Waals surface area contributed by atoms with E-state index in [2.05, 4.69) is 10.9 Å². The highest BCUT2D eigenvalue weighted by Crippen LogP contribution is 2.16. The van der Waals surface area contributed by atoms with E-state index in [1.165, 1.54) is 37.3 Å². The molecule has 0 saturated heterocycles. The van der Waals surface area contributed by atoms with Gasteiger partial charge in [-0.15, -0.1) is 11.3 Å². The maximum absolute atomic E-state index is 13.3. The van der Waals surface area contributed by atoms with E-state index < -0.39 is 24.2 Å². The van der Waals surface area contributed by atoms with Crippen LogP contribution in [0.3, 0.4) is 0 Å². The van der Waals surface area contributed by atoms with Gasteiger partial charge < -0.3 is 4.74 Å². The lowest BCUT2D eigenvalue weighted by atomic mass is 10.3. The number of hydrogen-bond donors (Lipinski definition) is 2. The molecule has 1 heterocycles. The highest BCUT2D eigenvalue weighted by molar-refractivity contribution is 7.15. The van der Waals surface area contributed by atoms with Gasteiger partial charge in [-0.2, -0.15) is 0 Å². The Bertz CT molecular complexity index is 745. The van der Waals surface area contributed by atoms with Gasteiger partial charge in [0.15, 0.2) is 24.0 Å². The summed E-state index contributed by atoms with van der Waals surface area (Å²) in [5.74, 6) is -1.99. The van der Waals surface area contributed by atoms with Crippen LogP contribution in [0.15, 0.2) is 36.4 Å². The summed E-state index contributed by atoms with van der Waals surface area (Å²) in [6, 6.07) is 8.68. The molecule has 0 aliphatic rings. The molecule has 1 aromatic carbocycles. The molecule has 1 aromatic heterocycles. The highest BCUT2D eigenvalue weighted by atomic mass is 32.1. The Balaban J connectivity index is 1.80. The van der Waals surface area contributed by atoms with E-state index in [0.717, 1.165) is 11.3 Å². The lowest BCUT2D eigenvalue weighted by Gasteiger charge is -2.08. The van der Waals surface area contributed by atoms with Crippen molar-refractivity contribution in [3.05, 3.63) is 52.0 Å². The van der Waals surface area contributed by atoms with Gasteiger partial charge >= 0.3 is 0 Å². The number of carbonyl (C=O) groups is 3. The first-order valence-electron chi connectivity index (χ1n) is 6.54. The fourth-order valence-corrected chi connectivity index (χ4v) is 2.37. The molecule has 0 radical (unpaired) electrons. The minimum atomic E-state index is -0.648. The van der Waals surface area contributed by atoms with Crippen molar-refractivity contribution in [2.75, 3.05) is 6.61 Å². The molecule has 120 valence electrons. The Morgan fingerprint density at radius 3 is 2.43 bits per heavy atom. The normalized spacial score (nSPS) is 10.0. The summed E-state index contributed by atoms with van der Waals surface area (Å²) in [4.78, 5) is 35.2. The second-order valence-corrected chi connectivity index (χ2v) is 5.53. The van der Waals surface area contributed by atoms with Gasteiger partial charge in [0, 0.05) is 0 Å². The van der Waals surface area contributed by atoms with Crippen molar-refractivity contribution < 1.29 is 23.5 Å². The number of amides is 2.